The Balaban J connectivity index is 2.72. The van der Waals surface area contributed by atoms with Crippen LogP contribution in [-0.4, -0.2) is 31.6 Å². The molecule has 0 radical (unpaired) electrons. The topological polar surface area (TPSA) is 15.3 Å². The second-order valence-electron chi connectivity index (χ2n) is 6.14. The van der Waals surface area contributed by atoms with Crippen LogP contribution in [0, 0.1) is 5.92 Å². The minimum absolute atomic E-state index is 0.127. The minimum atomic E-state index is 0.127. The van der Waals surface area contributed by atoms with E-state index in [1.807, 2.05) is 6.07 Å². The zero-order valence-electron chi connectivity index (χ0n) is 13.4. The number of halogens is 3. The van der Waals surface area contributed by atoms with Gasteiger partial charge < -0.3 is 10.2 Å². The number of rotatable bonds is 7. The molecule has 0 aromatic heterocycles. The van der Waals surface area contributed by atoms with E-state index in [1.165, 1.54) is 0 Å². The molecule has 0 amide bonds. The summed E-state index contributed by atoms with van der Waals surface area (Å²) in [6, 6.07) is 4.35. The molecular formula is C16H25Cl3N2. The lowest BCUT2D eigenvalue weighted by molar-refractivity contribution is 0.242. The van der Waals surface area contributed by atoms with Crippen molar-refractivity contribution in [1.82, 2.24) is 10.2 Å². The summed E-state index contributed by atoms with van der Waals surface area (Å²) in [4.78, 5) is 2.26. The Kier molecular flexibility index (Phi) is 7.80. The summed E-state index contributed by atoms with van der Waals surface area (Å²) in [7, 11) is 4.23. The standard InChI is InChI=1S/C16H25Cl3N2/c1-10(2)8-12(21(4)5)9-20-11(3)13-6-7-14(17)16(19)15(13)18/h6-7,10-12,20H,8-9H2,1-5H3. The van der Waals surface area contributed by atoms with Crippen LogP contribution in [0.2, 0.25) is 15.1 Å². The van der Waals surface area contributed by atoms with Crippen molar-refractivity contribution in [2.24, 2.45) is 5.92 Å². The second kappa shape index (κ2) is 8.59. The highest BCUT2D eigenvalue weighted by Crippen LogP contribution is 2.35. The van der Waals surface area contributed by atoms with Gasteiger partial charge in [0.15, 0.2) is 0 Å². The van der Waals surface area contributed by atoms with Crippen LogP contribution in [0.25, 0.3) is 0 Å². The first kappa shape index (κ1) is 19.1. The van der Waals surface area contributed by atoms with E-state index >= 15 is 0 Å². The zero-order valence-corrected chi connectivity index (χ0v) is 15.6. The van der Waals surface area contributed by atoms with Gasteiger partial charge in [0, 0.05) is 18.6 Å². The molecule has 2 atom stereocenters. The molecule has 1 aromatic carbocycles. The van der Waals surface area contributed by atoms with Gasteiger partial charge in [0.1, 0.15) is 0 Å². The van der Waals surface area contributed by atoms with Crippen LogP contribution in [0.1, 0.15) is 38.8 Å². The number of hydrogen-bond acceptors (Lipinski definition) is 2. The molecule has 0 bridgehead atoms. The first-order valence-electron chi connectivity index (χ1n) is 7.27. The van der Waals surface area contributed by atoms with Crippen molar-refractivity contribution < 1.29 is 0 Å². The van der Waals surface area contributed by atoms with Gasteiger partial charge in [-0.3, -0.25) is 0 Å². The van der Waals surface area contributed by atoms with E-state index in [4.69, 9.17) is 34.8 Å². The first-order valence-corrected chi connectivity index (χ1v) is 8.40. The van der Waals surface area contributed by atoms with Gasteiger partial charge in [0.2, 0.25) is 0 Å². The third kappa shape index (κ3) is 5.61. The van der Waals surface area contributed by atoms with E-state index in [2.05, 4.69) is 45.1 Å². The molecule has 2 nitrogen and oxygen atoms in total. The van der Waals surface area contributed by atoms with Crippen molar-refractivity contribution in [2.75, 3.05) is 20.6 Å². The average Bonchev–Trinajstić information content (AvgIpc) is 2.40. The zero-order chi connectivity index (χ0) is 16.2. The van der Waals surface area contributed by atoms with Crippen molar-refractivity contribution in [3.8, 4) is 0 Å². The van der Waals surface area contributed by atoms with E-state index in [0.717, 1.165) is 18.5 Å². The summed E-state index contributed by atoms with van der Waals surface area (Å²) in [5.74, 6) is 0.670. The van der Waals surface area contributed by atoms with Crippen molar-refractivity contribution >= 4 is 34.8 Å². The number of nitrogens with one attached hydrogen (secondary N) is 1. The van der Waals surface area contributed by atoms with E-state index in [1.54, 1.807) is 6.07 Å². The monoisotopic (exact) mass is 350 g/mol. The second-order valence-corrected chi connectivity index (χ2v) is 7.30. The lowest BCUT2D eigenvalue weighted by Gasteiger charge is -2.28. The molecule has 5 heteroatoms. The van der Waals surface area contributed by atoms with Gasteiger partial charge in [0.05, 0.1) is 15.1 Å². The molecule has 2 unspecified atom stereocenters. The fraction of sp³-hybridized carbons (Fsp3) is 0.625. The van der Waals surface area contributed by atoms with Crippen molar-refractivity contribution in [2.45, 2.75) is 39.3 Å². The highest BCUT2D eigenvalue weighted by Gasteiger charge is 2.17. The van der Waals surface area contributed by atoms with Crippen molar-refractivity contribution in [3.63, 3.8) is 0 Å². The molecule has 0 saturated heterocycles. The number of benzene rings is 1. The molecule has 0 aliphatic carbocycles. The number of likely N-dealkylation sites (N-methyl/N-ethyl adjacent to an activating group) is 1. The lowest BCUT2D eigenvalue weighted by atomic mass is 10.0. The van der Waals surface area contributed by atoms with Gasteiger partial charge in [-0.2, -0.15) is 0 Å². The van der Waals surface area contributed by atoms with Gasteiger partial charge in [-0.1, -0.05) is 54.7 Å². The predicted octanol–water partition coefficient (Wildman–Crippen LogP) is 5.27. The summed E-state index contributed by atoms with van der Waals surface area (Å²) >= 11 is 18.4. The Labute approximate surface area is 143 Å². The number of hydrogen-bond donors (Lipinski definition) is 1. The van der Waals surface area contributed by atoms with Crippen LogP contribution in [0.4, 0.5) is 0 Å². The molecule has 0 fully saturated rings. The van der Waals surface area contributed by atoms with Crippen molar-refractivity contribution in [3.05, 3.63) is 32.8 Å². The molecule has 21 heavy (non-hydrogen) atoms. The Morgan fingerprint density at radius 3 is 2.19 bits per heavy atom. The van der Waals surface area contributed by atoms with Crippen LogP contribution >= 0.6 is 34.8 Å². The fourth-order valence-corrected chi connectivity index (χ4v) is 3.03. The third-order valence-corrected chi connectivity index (χ3v) is 4.97. The quantitative estimate of drug-likeness (QED) is 0.673. The van der Waals surface area contributed by atoms with Crippen LogP contribution in [0.3, 0.4) is 0 Å². The van der Waals surface area contributed by atoms with Crippen LogP contribution in [0.15, 0.2) is 12.1 Å². The average molecular weight is 352 g/mol. The maximum absolute atomic E-state index is 6.29. The van der Waals surface area contributed by atoms with Crippen molar-refractivity contribution in [1.29, 1.82) is 0 Å². The molecule has 1 aromatic rings. The van der Waals surface area contributed by atoms with E-state index < -0.39 is 0 Å². The van der Waals surface area contributed by atoms with Gasteiger partial charge in [-0.25, -0.2) is 0 Å². The third-order valence-electron chi connectivity index (χ3n) is 3.66. The molecule has 120 valence electrons. The first-order chi connectivity index (χ1) is 9.73. The molecule has 0 spiro atoms. The lowest BCUT2D eigenvalue weighted by Crippen LogP contribution is -2.39. The van der Waals surface area contributed by atoms with Gasteiger partial charge >= 0.3 is 0 Å². The van der Waals surface area contributed by atoms with Crippen LogP contribution in [0.5, 0.6) is 0 Å². The molecule has 1 rings (SSSR count). The van der Waals surface area contributed by atoms with Crippen LogP contribution < -0.4 is 5.32 Å². The van der Waals surface area contributed by atoms with E-state index in [0.29, 0.717) is 27.0 Å². The van der Waals surface area contributed by atoms with Crippen LogP contribution in [-0.2, 0) is 0 Å². The highest BCUT2D eigenvalue weighted by atomic mass is 35.5. The minimum Gasteiger partial charge on any atom is -0.309 e. The van der Waals surface area contributed by atoms with E-state index in [9.17, 15) is 0 Å². The summed E-state index contributed by atoms with van der Waals surface area (Å²) in [6.07, 6.45) is 1.15. The van der Waals surface area contributed by atoms with Gasteiger partial charge in [0.25, 0.3) is 0 Å². The molecule has 0 aliphatic heterocycles. The van der Waals surface area contributed by atoms with Gasteiger partial charge in [-0.15, -0.1) is 0 Å². The normalized spacial score (nSPS) is 14.8. The maximum Gasteiger partial charge on any atom is 0.0781 e. The Hall–Kier alpha value is 0.01000. The summed E-state index contributed by atoms with van der Waals surface area (Å²) in [5.41, 5.74) is 0.980. The maximum atomic E-state index is 6.29. The summed E-state index contributed by atoms with van der Waals surface area (Å²) < 4.78 is 0. The Morgan fingerprint density at radius 1 is 1.05 bits per heavy atom. The van der Waals surface area contributed by atoms with Gasteiger partial charge in [-0.05, 0) is 45.0 Å². The fourth-order valence-electron chi connectivity index (χ4n) is 2.32. The smallest absolute Gasteiger partial charge is 0.0781 e. The molecule has 0 saturated carbocycles. The Bertz CT molecular complexity index is 461. The number of nitrogens with zero attached hydrogens (tertiary/aromatic N) is 1. The highest BCUT2D eigenvalue weighted by molar-refractivity contribution is 6.48. The molecule has 0 heterocycles. The molecule has 1 N–H and O–H groups in total. The molecule has 0 aliphatic rings. The predicted molar refractivity (Wildman–Crippen MR) is 94.8 cm³/mol. The molecular weight excluding hydrogens is 327 g/mol. The summed E-state index contributed by atoms with van der Waals surface area (Å²) in [6.45, 7) is 7.49. The summed E-state index contributed by atoms with van der Waals surface area (Å²) in [5, 5.41) is 5.00. The SMILES string of the molecule is CC(C)CC(CNC(C)c1ccc(Cl)c(Cl)c1Cl)N(C)C. The largest absolute Gasteiger partial charge is 0.309 e. The Morgan fingerprint density at radius 2 is 1.67 bits per heavy atom. The van der Waals surface area contributed by atoms with E-state index in [-0.39, 0.29) is 6.04 Å².